The van der Waals surface area contributed by atoms with E-state index in [1.165, 1.54) is 0 Å². The van der Waals surface area contributed by atoms with E-state index in [4.69, 9.17) is 0 Å². The van der Waals surface area contributed by atoms with E-state index in [9.17, 15) is 9.59 Å². The van der Waals surface area contributed by atoms with Crippen LogP contribution in [0.5, 0.6) is 0 Å². The minimum atomic E-state index is -0.583. The summed E-state index contributed by atoms with van der Waals surface area (Å²) in [5, 5.41) is 6.30. The Balaban J connectivity index is 0.00000280. The molecule has 5 nitrogen and oxygen atoms in total. The van der Waals surface area contributed by atoms with Crippen LogP contribution in [0.15, 0.2) is 60.7 Å². The molecule has 150 valence electrons. The summed E-state index contributed by atoms with van der Waals surface area (Å²) in [5.74, 6) is -0.154. The molecule has 2 amide bonds. The molecule has 2 N–H and O–H groups in total. The third-order valence-corrected chi connectivity index (χ3v) is 5.08. The molecule has 2 aromatic rings. The summed E-state index contributed by atoms with van der Waals surface area (Å²) in [4.78, 5) is 27.5. The standard InChI is InChI=1S/C22H27N3O2.ClH/c1-25(19-10-6-3-7-11-19)22(27)20(16-17-8-4-2-5-9-17)24-21(26)18-12-14-23-15-13-18;/h2-11,18,20,23H,12-16H2,1H3,(H,24,26);1H/t20-;/m0./s1. The molecular formula is C22H28ClN3O2. The predicted molar refractivity (Wildman–Crippen MR) is 115 cm³/mol. The van der Waals surface area contributed by atoms with Crippen LogP contribution < -0.4 is 15.5 Å². The average Bonchev–Trinajstić information content (AvgIpc) is 2.74. The Hall–Kier alpha value is -2.37. The lowest BCUT2D eigenvalue weighted by atomic mass is 9.96. The Bertz CT molecular complexity index is 749. The summed E-state index contributed by atoms with van der Waals surface area (Å²) in [6, 6.07) is 18.8. The van der Waals surface area contributed by atoms with Gasteiger partial charge in [0.25, 0.3) is 0 Å². The van der Waals surface area contributed by atoms with Crippen molar-refractivity contribution in [3.63, 3.8) is 0 Å². The van der Waals surface area contributed by atoms with Crippen molar-refractivity contribution in [1.29, 1.82) is 0 Å². The van der Waals surface area contributed by atoms with Crippen LogP contribution in [-0.4, -0.2) is 38.0 Å². The van der Waals surface area contributed by atoms with Crippen LogP contribution >= 0.6 is 12.4 Å². The number of hydrogen-bond acceptors (Lipinski definition) is 3. The zero-order valence-electron chi connectivity index (χ0n) is 16.1. The van der Waals surface area contributed by atoms with E-state index in [0.29, 0.717) is 6.42 Å². The molecule has 0 radical (unpaired) electrons. The highest BCUT2D eigenvalue weighted by Crippen LogP contribution is 2.16. The number of carbonyl (C=O) groups is 2. The quantitative estimate of drug-likeness (QED) is 0.782. The second kappa shape index (κ2) is 10.8. The number of amides is 2. The fourth-order valence-corrected chi connectivity index (χ4v) is 3.44. The number of anilines is 1. The molecular weight excluding hydrogens is 374 g/mol. The summed E-state index contributed by atoms with van der Waals surface area (Å²) >= 11 is 0. The Morgan fingerprint density at radius 1 is 1.04 bits per heavy atom. The number of likely N-dealkylation sites (N-methyl/N-ethyl adjacent to an activating group) is 1. The summed E-state index contributed by atoms with van der Waals surface area (Å²) in [6.45, 7) is 1.69. The third kappa shape index (κ3) is 5.81. The molecule has 1 aliphatic rings. The van der Waals surface area contributed by atoms with Crippen molar-refractivity contribution in [2.75, 3.05) is 25.0 Å². The van der Waals surface area contributed by atoms with Gasteiger partial charge in [0.2, 0.25) is 11.8 Å². The maximum Gasteiger partial charge on any atom is 0.249 e. The van der Waals surface area contributed by atoms with E-state index in [2.05, 4.69) is 10.6 Å². The van der Waals surface area contributed by atoms with Crippen molar-refractivity contribution in [2.24, 2.45) is 5.92 Å². The van der Waals surface area contributed by atoms with Gasteiger partial charge in [-0.15, -0.1) is 12.4 Å². The van der Waals surface area contributed by atoms with Gasteiger partial charge in [-0.2, -0.15) is 0 Å². The molecule has 2 aromatic carbocycles. The largest absolute Gasteiger partial charge is 0.344 e. The fourth-order valence-electron chi connectivity index (χ4n) is 3.44. The molecule has 0 unspecified atom stereocenters. The number of nitrogens with one attached hydrogen (secondary N) is 2. The highest BCUT2D eigenvalue weighted by molar-refractivity contribution is 5.99. The molecule has 3 rings (SSSR count). The average molecular weight is 402 g/mol. The molecule has 1 aliphatic heterocycles. The summed E-state index contributed by atoms with van der Waals surface area (Å²) in [5.41, 5.74) is 1.85. The van der Waals surface area contributed by atoms with Crippen molar-refractivity contribution in [1.82, 2.24) is 10.6 Å². The van der Waals surface area contributed by atoms with Crippen LogP contribution in [0.25, 0.3) is 0 Å². The molecule has 0 spiro atoms. The molecule has 6 heteroatoms. The molecule has 1 atom stereocenters. The van der Waals surface area contributed by atoms with Crippen molar-refractivity contribution < 1.29 is 9.59 Å². The molecule has 1 saturated heterocycles. The van der Waals surface area contributed by atoms with E-state index < -0.39 is 6.04 Å². The van der Waals surface area contributed by atoms with E-state index in [0.717, 1.165) is 37.2 Å². The lowest BCUT2D eigenvalue weighted by Crippen LogP contribution is -2.51. The van der Waals surface area contributed by atoms with Crippen molar-refractivity contribution in [3.05, 3.63) is 66.2 Å². The first kappa shape index (κ1) is 21.9. The monoisotopic (exact) mass is 401 g/mol. The van der Waals surface area contributed by atoms with E-state index >= 15 is 0 Å². The van der Waals surface area contributed by atoms with Crippen LogP contribution in [-0.2, 0) is 16.0 Å². The SMILES string of the molecule is CN(C(=O)[C@H](Cc1ccccc1)NC(=O)C1CCNCC1)c1ccccc1.Cl. The number of nitrogens with zero attached hydrogens (tertiary/aromatic N) is 1. The second-order valence-corrected chi connectivity index (χ2v) is 7.01. The zero-order valence-corrected chi connectivity index (χ0v) is 17.0. The first-order chi connectivity index (χ1) is 13.1. The summed E-state index contributed by atoms with van der Waals surface area (Å²) in [7, 11) is 1.76. The first-order valence-corrected chi connectivity index (χ1v) is 9.53. The number of rotatable bonds is 6. The van der Waals surface area contributed by atoms with Crippen molar-refractivity contribution in [2.45, 2.75) is 25.3 Å². The van der Waals surface area contributed by atoms with Gasteiger partial charge in [0.05, 0.1) is 0 Å². The highest BCUT2D eigenvalue weighted by Gasteiger charge is 2.29. The van der Waals surface area contributed by atoms with Crippen molar-refractivity contribution in [3.8, 4) is 0 Å². The van der Waals surface area contributed by atoms with E-state index in [-0.39, 0.29) is 30.1 Å². The summed E-state index contributed by atoms with van der Waals surface area (Å²) < 4.78 is 0. The third-order valence-electron chi connectivity index (χ3n) is 5.08. The number of halogens is 1. The fraction of sp³-hybridized carbons (Fsp3) is 0.364. The number of hydrogen-bond donors (Lipinski definition) is 2. The number of para-hydroxylation sites is 1. The van der Waals surface area contributed by atoms with Gasteiger partial charge >= 0.3 is 0 Å². The van der Waals surface area contributed by atoms with Gasteiger partial charge in [-0.1, -0.05) is 48.5 Å². The van der Waals surface area contributed by atoms with Crippen molar-refractivity contribution >= 4 is 29.9 Å². The van der Waals surface area contributed by atoms with Crippen LogP contribution in [0.4, 0.5) is 5.69 Å². The maximum absolute atomic E-state index is 13.2. The van der Waals surface area contributed by atoms with Gasteiger partial charge in [0, 0.05) is 25.1 Å². The van der Waals surface area contributed by atoms with Gasteiger partial charge in [0.1, 0.15) is 6.04 Å². The van der Waals surface area contributed by atoms with E-state index in [1.54, 1.807) is 11.9 Å². The smallest absolute Gasteiger partial charge is 0.249 e. The number of piperidine rings is 1. The second-order valence-electron chi connectivity index (χ2n) is 7.01. The van der Waals surface area contributed by atoms with Crippen LogP contribution in [0.3, 0.4) is 0 Å². The molecule has 1 heterocycles. The highest BCUT2D eigenvalue weighted by atomic mass is 35.5. The van der Waals surface area contributed by atoms with Gasteiger partial charge in [-0.25, -0.2) is 0 Å². The maximum atomic E-state index is 13.2. The first-order valence-electron chi connectivity index (χ1n) is 9.53. The number of carbonyl (C=O) groups excluding carboxylic acids is 2. The Kier molecular flexibility index (Phi) is 8.48. The van der Waals surface area contributed by atoms with Gasteiger partial charge in [0.15, 0.2) is 0 Å². The van der Waals surface area contributed by atoms with Gasteiger partial charge in [-0.05, 0) is 43.6 Å². The molecule has 28 heavy (non-hydrogen) atoms. The Morgan fingerprint density at radius 3 is 2.21 bits per heavy atom. The minimum absolute atomic E-state index is 0. The normalized spacial score (nSPS) is 15.2. The topological polar surface area (TPSA) is 61.4 Å². The lowest BCUT2D eigenvalue weighted by molar-refractivity contribution is -0.130. The molecule has 1 fully saturated rings. The number of benzene rings is 2. The molecule has 0 saturated carbocycles. The van der Waals surface area contributed by atoms with Crippen LogP contribution in [0, 0.1) is 5.92 Å². The summed E-state index contributed by atoms with van der Waals surface area (Å²) in [6.07, 6.45) is 2.10. The van der Waals surface area contributed by atoms with Crippen LogP contribution in [0.2, 0.25) is 0 Å². The predicted octanol–water partition coefficient (Wildman–Crippen LogP) is 2.80. The molecule has 0 aromatic heterocycles. The van der Waals surface area contributed by atoms with Gasteiger partial charge in [-0.3, -0.25) is 9.59 Å². The molecule has 0 bridgehead atoms. The Morgan fingerprint density at radius 2 is 1.61 bits per heavy atom. The van der Waals surface area contributed by atoms with Gasteiger partial charge < -0.3 is 15.5 Å². The zero-order chi connectivity index (χ0) is 19.1. The lowest BCUT2D eigenvalue weighted by Gasteiger charge is -2.28. The van der Waals surface area contributed by atoms with E-state index in [1.807, 2.05) is 60.7 Å². The Labute approximate surface area is 172 Å². The van der Waals surface area contributed by atoms with Crippen LogP contribution in [0.1, 0.15) is 18.4 Å². The minimum Gasteiger partial charge on any atom is -0.344 e. The molecule has 0 aliphatic carbocycles.